The lowest BCUT2D eigenvalue weighted by Crippen LogP contribution is -2.26. The van der Waals surface area contributed by atoms with Crippen LogP contribution in [0.5, 0.6) is 5.75 Å². The van der Waals surface area contributed by atoms with E-state index in [1.165, 1.54) is 0 Å². The molecule has 0 fully saturated rings. The van der Waals surface area contributed by atoms with Crippen LogP contribution in [-0.2, 0) is 4.79 Å². The normalized spacial score (nSPS) is 10.2. The lowest BCUT2D eigenvalue weighted by atomic mass is 10.3. The number of hydrogen-bond donors (Lipinski definition) is 0. The summed E-state index contributed by atoms with van der Waals surface area (Å²) in [5.41, 5.74) is 0.928. The molecule has 0 saturated heterocycles. The van der Waals surface area contributed by atoms with Gasteiger partial charge in [0.05, 0.1) is 7.11 Å². The molecule has 0 radical (unpaired) electrons. The van der Waals surface area contributed by atoms with Gasteiger partial charge in [0, 0.05) is 29.8 Å². The minimum absolute atomic E-state index is 0.127. The maximum absolute atomic E-state index is 12.1. The standard InChI is InChI=1S/C17H19NO2S/c1-18(14-6-4-3-5-7-14)17(19)12-13-21-16-10-8-15(20-2)9-11-16/h3-11H,12-13H2,1-2H3. The number of methoxy groups -OCH3 is 1. The predicted molar refractivity (Wildman–Crippen MR) is 88.2 cm³/mol. The van der Waals surface area contributed by atoms with Crippen molar-refractivity contribution in [3.63, 3.8) is 0 Å². The number of rotatable bonds is 6. The zero-order valence-electron chi connectivity index (χ0n) is 12.3. The van der Waals surface area contributed by atoms with Crippen LogP contribution in [0.25, 0.3) is 0 Å². The van der Waals surface area contributed by atoms with Crippen molar-refractivity contribution < 1.29 is 9.53 Å². The molecule has 0 heterocycles. The number of hydrogen-bond acceptors (Lipinski definition) is 3. The molecule has 110 valence electrons. The first-order valence-corrected chi connectivity index (χ1v) is 7.77. The molecule has 0 N–H and O–H groups in total. The highest BCUT2D eigenvalue weighted by molar-refractivity contribution is 7.99. The van der Waals surface area contributed by atoms with Crippen LogP contribution in [0.2, 0.25) is 0 Å². The monoisotopic (exact) mass is 301 g/mol. The second kappa shape index (κ2) is 7.74. The molecule has 0 aliphatic rings. The zero-order valence-corrected chi connectivity index (χ0v) is 13.1. The number of amides is 1. The predicted octanol–water partition coefficient (Wildman–Crippen LogP) is 3.84. The molecule has 4 heteroatoms. The molecule has 1 amide bonds. The summed E-state index contributed by atoms with van der Waals surface area (Å²) in [6, 6.07) is 17.6. The molecule has 0 aliphatic heterocycles. The molecule has 2 aromatic carbocycles. The number of benzene rings is 2. The van der Waals surface area contributed by atoms with Crippen LogP contribution in [0, 0.1) is 0 Å². The molecule has 0 saturated carbocycles. The van der Waals surface area contributed by atoms with Crippen molar-refractivity contribution in [3.8, 4) is 5.75 Å². The number of para-hydroxylation sites is 1. The lowest BCUT2D eigenvalue weighted by Gasteiger charge is -2.17. The van der Waals surface area contributed by atoms with Gasteiger partial charge in [-0.25, -0.2) is 0 Å². The Kier molecular flexibility index (Phi) is 5.69. The first-order chi connectivity index (χ1) is 10.2. The van der Waals surface area contributed by atoms with E-state index in [1.54, 1.807) is 23.8 Å². The van der Waals surface area contributed by atoms with Crippen molar-refractivity contribution >= 4 is 23.4 Å². The van der Waals surface area contributed by atoms with Crippen LogP contribution in [0.15, 0.2) is 59.5 Å². The minimum Gasteiger partial charge on any atom is -0.497 e. The van der Waals surface area contributed by atoms with E-state index in [0.717, 1.165) is 22.1 Å². The largest absolute Gasteiger partial charge is 0.497 e. The van der Waals surface area contributed by atoms with Crippen LogP contribution < -0.4 is 9.64 Å². The molecule has 0 aliphatic carbocycles. The van der Waals surface area contributed by atoms with E-state index in [2.05, 4.69) is 0 Å². The average Bonchev–Trinajstić information content (AvgIpc) is 2.55. The van der Waals surface area contributed by atoms with E-state index in [4.69, 9.17) is 4.74 Å². The Balaban J connectivity index is 1.81. The maximum atomic E-state index is 12.1. The van der Waals surface area contributed by atoms with Crippen molar-refractivity contribution in [3.05, 3.63) is 54.6 Å². The average molecular weight is 301 g/mol. The van der Waals surface area contributed by atoms with Crippen LogP contribution in [0.1, 0.15) is 6.42 Å². The third kappa shape index (κ3) is 4.53. The molecule has 0 unspecified atom stereocenters. The van der Waals surface area contributed by atoms with Crippen LogP contribution >= 0.6 is 11.8 Å². The van der Waals surface area contributed by atoms with E-state index in [-0.39, 0.29) is 5.91 Å². The van der Waals surface area contributed by atoms with Gasteiger partial charge in [-0.2, -0.15) is 0 Å². The summed E-state index contributed by atoms with van der Waals surface area (Å²) in [5.74, 6) is 1.74. The topological polar surface area (TPSA) is 29.5 Å². The summed E-state index contributed by atoms with van der Waals surface area (Å²) in [6.07, 6.45) is 0.516. The number of thioether (sulfide) groups is 1. The Labute approximate surface area is 129 Å². The van der Waals surface area contributed by atoms with E-state index >= 15 is 0 Å². The molecule has 0 aromatic heterocycles. The summed E-state index contributed by atoms with van der Waals surface area (Å²) in [4.78, 5) is 15.0. The molecular formula is C17H19NO2S. The Morgan fingerprint density at radius 2 is 1.76 bits per heavy atom. The number of ether oxygens (including phenoxy) is 1. The smallest absolute Gasteiger partial charge is 0.227 e. The van der Waals surface area contributed by atoms with Gasteiger partial charge in [-0.1, -0.05) is 18.2 Å². The van der Waals surface area contributed by atoms with Crippen molar-refractivity contribution in [2.24, 2.45) is 0 Å². The van der Waals surface area contributed by atoms with Gasteiger partial charge in [0.1, 0.15) is 5.75 Å². The number of carbonyl (C=O) groups is 1. The zero-order chi connectivity index (χ0) is 15.1. The third-order valence-corrected chi connectivity index (χ3v) is 4.18. The van der Waals surface area contributed by atoms with Crippen LogP contribution in [-0.4, -0.2) is 25.8 Å². The number of anilines is 1. The highest BCUT2D eigenvalue weighted by Gasteiger charge is 2.10. The highest BCUT2D eigenvalue weighted by Crippen LogP contribution is 2.22. The Hall–Kier alpha value is -1.94. The van der Waals surface area contributed by atoms with Crippen molar-refractivity contribution in [2.45, 2.75) is 11.3 Å². The van der Waals surface area contributed by atoms with Gasteiger partial charge in [-0.15, -0.1) is 11.8 Å². The summed E-state index contributed by atoms with van der Waals surface area (Å²) < 4.78 is 5.12. The van der Waals surface area contributed by atoms with Gasteiger partial charge in [-0.3, -0.25) is 4.79 Å². The van der Waals surface area contributed by atoms with Gasteiger partial charge < -0.3 is 9.64 Å². The van der Waals surface area contributed by atoms with Gasteiger partial charge in [-0.05, 0) is 36.4 Å². The number of nitrogens with zero attached hydrogens (tertiary/aromatic N) is 1. The highest BCUT2D eigenvalue weighted by atomic mass is 32.2. The van der Waals surface area contributed by atoms with E-state index < -0.39 is 0 Å². The fourth-order valence-corrected chi connectivity index (χ4v) is 2.73. The third-order valence-electron chi connectivity index (χ3n) is 3.16. The van der Waals surface area contributed by atoms with Crippen LogP contribution in [0.4, 0.5) is 5.69 Å². The second-order valence-corrected chi connectivity index (χ2v) is 5.73. The van der Waals surface area contributed by atoms with Gasteiger partial charge in [0.25, 0.3) is 0 Å². The van der Waals surface area contributed by atoms with Gasteiger partial charge >= 0.3 is 0 Å². The Morgan fingerprint density at radius 1 is 1.10 bits per heavy atom. The molecule has 0 bridgehead atoms. The quantitative estimate of drug-likeness (QED) is 0.759. The maximum Gasteiger partial charge on any atom is 0.227 e. The van der Waals surface area contributed by atoms with Gasteiger partial charge in [0.2, 0.25) is 5.91 Å². The van der Waals surface area contributed by atoms with E-state index in [1.807, 2.05) is 61.6 Å². The fourth-order valence-electron chi connectivity index (χ4n) is 1.89. The Bertz CT molecular complexity index is 569. The molecule has 2 aromatic rings. The first kappa shape index (κ1) is 15.4. The van der Waals surface area contributed by atoms with Crippen LogP contribution in [0.3, 0.4) is 0 Å². The van der Waals surface area contributed by atoms with Gasteiger partial charge in [0.15, 0.2) is 0 Å². The van der Waals surface area contributed by atoms with E-state index in [9.17, 15) is 4.79 Å². The fraction of sp³-hybridized carbons (Fsp3) is 0.235. The molecule has 21 heavy (non-hydrogen) atoms. The molecule has 0 atom stereocenters. The SMILES string of the molecule is COc1ccc(SCCC(=O)N(C)c2ccccc2)cc1. The summed E-state index contributed by atoms with van der Waals surface area (Å²) >= 11 is 1.68. The summed E-state index contributed by atoms with van der Waals surface area (Å²) in [5, 5.41) is 0. The first-order valence-electron chi connectivity index (χ1n) is 6.79. The van der Waals surface area contributed by atoms with Crippen molar-refractivity contribution in [1.29, 1.82) is 0 Å². The summed E-state index contributed by atoms with van der Waals surface area (Å²) in [7, 11) is 3.47. The second-order valence-electron chi connectivity index (χ2n) is 4.56. The lowest BCUT2D eigenvalue weighted by molar-refractivity contribution is -0.117. The summed E-state index contributed by atoms with van der Waals surface area (Å²) in [6.45, 7) is 0. The van der Waals surface area contributed by atoms with Crippen molar-refractivity contribution in [1.82, 2.24) is 0 Å². The molecule has 3 nitrogen and oxygen atoms in total. The molecule has 0 spiro atoms. The van der Waals surface area contributed by atoms with Crippen molar-refractivity contribution in [2.75, 3.05) is 24.8 Å². The van der Waals surface area contributed by atoms with E-state index in [0.29, 0.717) is 6.42 Å². The Morgan fingerprint density at radius 3 is 2.38 bits per heavy atom. The molecule has 2 rings (SSSR count). The molecular weight excluding hydrogens is 282 g/mol. The minimum atomic E-state index is 0.127. The number of carbonyl (C=O) groups excluding carboxylic acids is 1.